The van der Waals surface area contributed by atoms with Crippen molar-refractivity contribution in [3.63, 3.8) is 0 Å². The third-order valence-electron chi connectivity index (χ3n) is 4.18. The number of hydrogen-bond donors (Lipinski definition) is 3. The van der Waals surface area contributed by atoms with Gasteiger partial charge in [-0.1, -0.05) is 11.6 Å². The Kier molecular flexibility index (Phi) is 4.71. The molecule has 0 bridgehead atoms. The molecule has 1 amide bonds. The summed E-state index contributed by atoms with van der Waals surface area (Å²) in [4.78, 5) is 25.1. The first-order chi connectivity index (χ1) is 11.5. The molecular formula is C16H18ClN5O2. The summed E-state index contributed by atoms with van der Waals surface area (Å²) in [7, 11) is 0. The lowest BCUT2D eigenvalue weighted by Crippen LogP contribution is -2.38. The fourth-order valence-electron chi connectivity index (χ4n) is 2.81. The van der Waals surface area contributed by atoms with E-state index in [-0.39, 0.29) is 22.5 Å². The van der Waals surface area contributed by atoms with Crippen molar-refractivity contribution in [2.24, 2.45) is 11.7 Å². The van der Waals surface area contributed by atoms with Gasteiger partial charge in [0.2, 0.25) is 5.91 Å². The summed E-state index contributed by atoms with van der Waals surface area (Å²) in [6, 6.07) is 9.21. The zero-order chi connectivity index (χ0) is 17.1. The number of hydrogen-bond acceptors (Lipinski definition) is 5. The average molecular weight is 348 g/mol. The van der Waals surface area contributed by atoms with Crippen LogP contribution in [0, 0.1) is 5.92 Å². The molecular weight excluding hydrogens is 330 g/mol. The second-order valence-electron chi connectivity index (χ2n) is 5.77. The molecule has 24 heavy (non-hydrogen) atoms. The molecule has 1 saturated heterocycles. The first-order valence-corrected chi connectivity index (χ1v) is 8.07. The van der Waals surface area contributed by atoms with Crippen molar-refractivity contribution in [2.45, 2.75) is 12.8 Å². The molecule has 7 nitrogen and oxygen atoms in total. The van der Waals surface area contributed by atoms with Gasteiger partial charge in [-0.2, -0.15) is 5.10 Å². The molecule has 0 atom stereocenters. The zero-order valence-electron chi connectivity index (χ0n) is 13.0. The molecule has 1 aliphatic heterocycles. The highest BCUT2D eigenvalue weighted by Crippen LogP contribution is 2.25. The first kappa shape index (κ1) is 16.3. The monoisotopic (exact) mass is 347 g/mol. The van der Waals surface area contributed by atoms with Crippen LogP contribution in [0.3, 0.4) is 0 Å². The molecule has 126 valence electrons. The highest BCUT2D eigenvalue weighted by atomic mass is 35.5. The van der Waals surface area contributed by atoms with Gasteiger partial charge in [-0.15, -0.1) is 0 Å². The molecule has 1 aromatic heterocycles. The highest BCUT2D eigenvalue weighted by Gasteiger charge is 2.23. The second kappa shape index (κ2) is 6.92. The fourth-order valence-corrected chi connectivity index (χ4v) is 2.96. The number of H-pyrrole nitrogens is 1. The summed E-state index contributed by atoms with van der Waals surface area (Å²) in [5, 5.41) is 9.17. The quantitative estimate of drug-likeness (QED) is 0.783. The molecule has 0 spiro atoms. The minimum Gasteiger partial charge on any atom is -0.371 e. The molecule has 8 heteroatoms. The summed E-state index contributed by atoms with van der Waals surface area (Å²) in [5.74, 6) is -0.235. The van der Waals surface area contributed by atoms with E-state index in [1.54, 1.807) is 0 Å². The maximum atomic E-state index is 11.7. The van der Waals surface area contributed by atoms with Crippen molar-refractivity contribution in [1.29, 1.82) is 0 Å². The molecule has 3 rings (SSSR count). The number of nitrogens with one attached hydrogen (secondary N) is 2. The van der Waals surface area contributed by atoms with Crippen molar-refractivity contribution >= 4 is 34.6 Å². The Morgan fingerprint density at radius 1 is 1.29 bits per heavy atom. The predicted molar refractivity (Wildman–Crippen MR) is 93.7 cm³/mol. The molecule has 0 saturated carbocycles. The largest absolute Gasteiger partial charge is 0.371 e. The van der Waals surface area contributed by atoms with Gasteiger partial charge >= 0.3 is 0 Å². The number of aromatic amines is 1. The van der Waals surface area contributed by atoms with E-state index >= 15 is 0 Å². The smallest absolute Gasteiger partial charge is 0.287 e. The van der Waals surface area contributed by atoms with Crippen LogP contribution in [0.15, 0.2) is 35.1 Å². The normalized spacial score (nSPS) is 15.3. The third-order valence-corrected chi connectivity index (χ3v) is 4.37. The zero-order valence-corrected chi connectivity index (χ0v) is 13.7. The Morgan fingerprint density at radius 3 is 2.58 bits per heavy atom. The Balaban J connectivity index is 1.67. The first-order valence-electron chi connectivity index (χ1n) is 7.69. The van der Waals surface area contributed by atoms with Crippen LogP contribution in [-0.2, 0) is 4.79 Å². The van der Waals surface area contributed by atoms with Crippen LogP contribution in [0.25, 0.3) is 0 Å². The van der Waals surface area contributed by atoms with Gasteiger partial charge in [0.25, 0.3) is 5.56 Å². The molecule has 2 aromatic rings. The number of primary amides is 1. The number of anilines is 3. The predicted octanol–water partition coefficient (Wildman–Crippen LogP) is 1.87. The number of benzene rings is 1. The van der Waals surface area contributed by atoms with Gasteiger partial charge in [0, 0.05) is 36.4 Å². The number of carbonyl (C=O) groups excluding carboxylic acids is 1. The Morgan fingerprint density at radius 2 is 1.96 bits per heavy atom. The van der Waals surface area contributed by atoms with Gasteiger partial charge in [0.15, 0.2) is 5.15 Å². The fraction of sp³-hybridized carbons (Fsp3) is 0.312. The summed E-state index contributed by atoms with van der Waals surface area (Å²) in [6.07, 6.45) is 1.56. The highest BCUT2D eigenvalue weighted by molar-refractivity contribution is 6.29. The maximum Gasteiger partial charge on any atom is 0.287 e. The van der Waals surface area contributed by atoms with E-state index in [0.29, 0.717) is 5.69 Å². The molecule has 1 aromatic carbocycles. The summed E-state index contributed by atoms with van der Waals surface area (Å²) in [5.41, 5.74) is 7.21. The standard InChI is InChI=1S/C16H18ClN5O2/c17-14-9-13(16(24)21-20-14)19-11-1-3-12(4-2-11)22-7-5-10(6-8-22)15(18)23/h1-4,9-10H,5-8H2,(H2,18,23)(H,19,20)(H,21,24). The Bertz CT molecular complexity index is 782. The number of aromatic nitrogens is 2. The lowest BCUT2D eigenvalue weighted by Gasteiger charge is -2.32. The molecule has 0 radical (unpaired) electrons. The van der Waals surface area contributed by atoms with Gasteiger partial charge in [-0.3, -0.25) is 9.59 Å². The van der Waals surface area contributed by atoms with Crippen LogP contribution < -0.4 is 21.5 Å². The van der Waals surface area contributed by atoms with E-state index in [0.717, 1.165) is 37.3 Å². The van der Waals surface area contributed by atoms with Crippen LogP contribution in [-0.4, -0.2) is 29.2 Å². The van der Waals surface area contributed by atoms with Crippen LogP contribution >= 0.6 is 11.6 Å². The number of nitrogens with two attached hydrogens (primary N) is 1. The molecule has 0 aliphatic carbocycles. The van der Waals surface area contributed by atoms with Crippen LogP contribution in [0.4, 0.5) is 17.1 Å². The molecule has 0 unspecified atom stereocenters. The van der Waals surface area contributed by atoms with E-state index in [4.69, 9.17) is 17.3 Å². The van der Waals surface area contributed by atoms with Crippen molar-refractivity contribution in [3.05, 3.63) is 45.8 Å². The van der Waals surface area contributed by atoms with E-state index in [9.17, 15) is 9.59 Å². The van der Waals surface area contributed by atoms with Gasteiger partial charge in [-0.25, -0.2) is 5.10 Å². The lowest BCUT2D eigenvalue weighted by molar-refractivity contribution is -0.122. The Labute approximate surface area is 143 Å². The van der Waals surface area contributed by atoms with Gasteiger partial charge in [0.1, 0.15) is 5.69 Å². The summed E-state index contributed by atoms with van der Waals surface area (Å²) >= 11 is 5.78. The minimum atomic E-state index is -0.336. The molecule has 1 aliphatic rings. The number of amides is 1. The van der Waals surface area contributed by atoms with Crippen LogP contribution in [0.5, 0.6) is 0 Å². The topological polar surface area (TPSA) is 104 Å². The van der Waals surface area contributed by atoms with Crippen molar-refractivity contribution < 1.29 is 4.79 Å². The Hall–Kier alpha value is -2.54. The van der Waals surface area contributed by atoms with Gasteiger partial charge in [-0.05, 0) is 37.1 Å². The lowest BCUT2D eigenvalue weighted by atomic mass is 9.96. The van der Waals surface area contributed by atoms with Gasteiger partial charge < -0.3 is 16.0 Å². The third kappa shape index (κ3) is 3.68. The van der Waals surface area contributed by atoms with E-state index in [2.05, 4.69) is 20.4 Å². The number of piperidine rings is 1. The molecule has 2 heterocycles. The van der Waals surface area contributed by atoms with Gasteiger partial charge in [0.05, 0.1) is 0 Å². The minimum absolute atomic E-state index is 0.0228. The number of nitrogens with zero attached hydrogens (tertiary/aromatic N) is 2. The number of carbonyl (C=O) groups is 1. The second-order valence-corrected chi connectivity index (χ2v) is 6.16. The van der Waals surface area contributed by atoms with Crippen LogP contribution in [0.1, 0.15) is 12.8 Å². The van der Waals surface area contributed by atoms with Crippen molar-refractivity contribution in [3.8, 4) is 0 Å². The van der Waals surface area contributed by atoms with Crippen molar-refractivity contribution in [1.82, 2.24) is 10.2 Å². The number of halogens is 1. The summed E-state index contributed by atoms with van der Waals surface area (Å²) in [6.45, 7) is 1.61. The average Bonchev–Trinajstić information content (AvgIpc) is 2.59. The van der Waals surface area contributed by atoms with E-state index in [1.165, 1.54) is 6.07 Å². The van der Waals surface area contributed by atoms with Crippen LogP contribution in [0.2, 0.25) is 5.15 Å². The van der Waals surface area contributed by atoms with Crippen molar-refractivity contribution in [2.75, 3.05) is 23.3 Å². The van der Waals surface area contributed by atoms with E-state index in [1.807, 2.05) is 24.3 Å². The van der Waals surface area contributed by atoms with E-state index < -0.39 is 0 Å². The molecule has 4 N–H and O–H groups in total. The number of rotatable bonds is 4. The maximum absolute atomic E-state index is 11.7. The molecule has 1 fully saturated rings. The summed E-state index contributed by atoms with van der Waals surface area (Å²) < 4.78 is 0. The SMILES string of the molecule is NC(=O)C1CCN(c2ccc(Nc3cc(Cl)n[nH]c3=O)cc2)CC1.